The van der Waals surface area contributed by atoms with Gasteiger partial charge in [0.2, 0.25) is 5.91 Å². The topological polar surface area (TPSA) is 122 Å². The molecule has 0 aromatic heterocycles. The lowest BCUT2D eigenvalue weighted by atomic mass is 9.83. The summed E-state index contributed by atoms with van der Waals surface area (Å²) in [5.74, 6) is -0.543. The van der Waals surface area contributed by atoms with Crippen LogP contribution < -0.4 is 16.4 Å². The molecule has 1 aliphatic rings. The van der Waals surface area contributed by atoms with Crippen molar-refractivity contribution in [3.8, 4) is 0 Å². The molecule has 0 heterocycles. The van der Waals surface area contributed by atoms with E-state index in [4.69, 9.17) is 10.8 Å². The molecule has 0 aromatic carbocycles. The van der Waals surface area contributed by atoms with Crippen LogP contribution in [0, 0.1) is 11.8 Å². The summed E-state index contributed by atoms with van der Waals surface area (Å²) in [7, 11) is 0. The lowest BCUT2D eigenvalue weighted by Crippen LogP contribution is -2.47. The van der Waals surface area contributed by atoms with Gasteiger partial charge in [-0.3, -0.25) is 4.79 Å². The van der Waals surface area contributed by atoms with Gasteiger partial charge in [0.25, 0.3) is 0 Å². The number of nitrogens with one attached hydrogen (secondary N) is 2. The van der Waals surface area contributed by atoms with Gasteiger partial charge in [0.15, 0.2) is 0 Å². The molecule has 1 fully saturated rings. The van der Waals surface area contributed by atoms with E-state index in [1.54, 1.807) is 0 Å². The van der Waals surface area contributed by atoms with Crippen LogP contribution in [0.3, 0.4) is 0 Å². The van der Waals surface area contributed by atoms with Crippen molar-refractivity contribution in [1.82, 2.24) is 10.6 Å². The molecular formula is C14H25N3O4. The molecule has 5 N–H and O–H groups in total. The minimum atomic E-state index is -1.17. The Labute approximate surface area is 124 Å². The highest BCUT2D eigenvalue weighted by Gasteiger charge is 2.22. The summed E-state index contributed by atoms with van der Waals surface area (Å²) >= 11 is 0. The van der Waals surface area contributed by atoms with Crippen molar-refractivity contribution in [1.29, 1.82) is 0 Å². The Hall–Kier alpha value is -1.79. The quantitative estimate of drug-likeness (QED) is 0.556. The van der Waals surface area contributed by atoms with Gasteiger partial charge >= 0.3 is 12.0 Å². The van der Waals surface area contributed by atoms with Gasteiger partial charge in [0, 0.05) is 13.0 Å². The van der Waals surface area contributed by atoms with Gasteiger partial charge in [-0.15, -0.1) is 0 Å². The van der Waals surface area contributed by atoms with Crippen molar-refractivity contribution < 1.29 is 19.5 Å². The highest BCUT2D eigenvalue weighted by atomic mass is 16.4. The van der Waals surface area contributed by atoms with E-state index in [1.807, 2.05) is 0 Å². The number of hydrogen-bond donors (Lipinski definition) is 4. The Morgan fingerprint density at radius 3 is 2.38 bits per heavy atom. The number of nitrogens with two attached hydrogens (primary N) is 1. The maximum absolute atomic E-state index is 11.7. The average molecular weight is 299 g/mol. The molecule has 21 heavy (non-hydrogen) atoms. The molecule has 1 saturated carbocycles. The fourth-order valence-electron chi connectivity index (χ4n) is 2.52. The Kier molecular flexibility index (Phi) is 6.98. The van der Waals surface area contributed by atoms with Crippen molar-refractivity contribution in [2.45, 2.75) is 51.5 Å². The van der Waals surface area contributed by atoms with Crippen molar-refractivity contribution in [2.75, 3.05) is 6.54 Å². The van der Waals surface area contributed by atoms with Gasteiger partial charge in [-0.05, 0) is 31.1 Å². The molecule has 0 spiro atoms. The van der Waals surface area contributed by atoms with Gasteiger partial charge in [-0.2, -0.15) is 0 Å². The first-order valence-electron chi connectivity index (χ1n) is 7.44. The van der Waals surface area contributed by atoms with Crippen molar-refractivity contribution >= 4 is 17.9 Å². The third-order valence-electron chi connectivity index (χ3n) is 3.97. The number of amides is 3. The van der Waals surface area contributed by atoms with Gasteiger partial charge in [-0.25, -0.2) is 9.59 Å². The molecule has 0 saturated heterocycles. The van der Waals surface area contributed by atoms with Crippen LogP contribution in [0.25, 0.3) is 0 Å². The van der Waals surface area contributed by atoms with Gasteiger partial charge in [0.1, 0.15) is 6.04 Å². The monoisotopic (exact) mass is 299 g/mol. The highest BCUT2D eigenvalue weighted by molar-refractivity contribution is 5.83. The number of carbonyl (C=O) groups excluding carboxylic acids is 2. The zero-order chi connectivity index (χ0) is 15.8. The first-order chi connectivity index (χ1) is 9.88. The first-order valence-corrected chi connectivity index (χ1v) is 7.44. The summed E-state index contributed by atoms with van der Waals surface area (Å²) in [5.41, 5.74) is 4.98. The van der Waals surface area contributed by atoms with Gasteiger partial charge in [-0.1, -0.05) is 19.8 Å². The van der Waals surface area contributed by atoms with E-state index >= 15 is 0 Å². The number of urea groups is 1. The molecular weight excluding hydrogens is 274 g/mol. The third-order valence-corrected chi connectivity index (χ3v) is 3.97. The van der Waals surface area contributed by atoms with E-state index in [-0.39, 0.29) is 12.8 Å². The fraction of sp³-hybridized carbons (Fsp3) is 0.786. The highest BCUT2D eigenvalue weighted by Crippen LogP contribution is 2.27. The summed E-state index contributed by atoms with van der Waals surface area (Å²) in [5, 5.41) is 14.1. The van der Waals surface area contributed by atoms with Crippen LogP contribution in [0.1, 0.15) is 45.4 Å². The Bertz CT molecular complexity index is 378. The van der Waals surface area contributed by atoms with E-state index in [0.29, 0.717) is 12.5 Å². The van der Waals surface area contributed by atoms with Gasteiger partial charge in [0.05, 0.1) is 0 Å². The van der Waals surface area contributed by atoms with Crippen molar-refractivity contribution in [3.05, 3.63) is 0 Å². The minimum absolute atomic E-state index is 0.000962. The SMILES string of the molecule is CC1CCC(CNC(=O)NC(CCC(N)=O)C(=O)O)CC1. The second-order valence-electron chi connectivity index (χ2n) is 5.88. The second-order valence-corrected chi connectivity index (χ2v) is 5.88. The van der Waals surface area contributed by atoms with E-state index in [2.05, 4.69) is 17.6 Å². The summed E-state index contributed by atoms with van der Waals surface area (Å²) in [4.78, 5) is 33.4. The third kappa shape index (κ3) is 6.97. The normalized spacial score (nSPS) is 23.1. The molecule has 120 valence electrons. The van der Waals surface area contributed by atoms with Crippen LogP contribution in [-0.4, -0.2) is 35.6 Å². The smallest absolute Gasteiger partial charge is 0.326 e. The fourth-order valence-corrected chi connectivity index (χ4v) is 2.52. The van der Waals surface area contributed by atoms with Crippen LogP contribution in [0.4, 0.5) is 4.79 Å². The second kappa shape index (κ2) is 8.49. The molecule has 7 heteroatoms. The van der Waals surface area contributed by atoms with Crippen LogP contribution in [0.2, 0.25) is 0 Å². The number of carboxylic acids is 1. The lowest BCUT2D eigenvalue weighted by Gasteiger charge is -2.26. The van der Waals surface area contributed by atoms with Crippen molar-refractivity contribution in [2.24, 2.45) is 17.6 Å². The summed E-state index contributed by atoms with van der Waals surface area (Å²) < 4.78 is 0. The Morgan fingerprint density at radius 1 is 1.24 bits per heavy atom. The minimum Gasteiger partial charge on any atom is -0.480 e. The molecule has 3 amide bonds. The van der Waals surface area contributed by atoms with E-state index < -0.39 is 23.9 Å². The number of carboxylic acid groups (broad SMARTS) is 1. The molecule has 7 nitrogen and oxygen atoms in total. The van der Waals surface area contributed by atoms with Crippen molar-refractivity contribution in [3.63, 3.8) is 0 Å². The molecule has 0 bridgehead atoms. The molecule has 0 aliphatic heterocycles. The molecule has 1 rings (SSSR count). The predicted molar refractivity (Wildman–Crippen MR) is 77.5 cm³/mol. The maximum Gasteiger partial charge on any atom is 0.326 e. The van der Waals surface area contributed by atoms with E-state index in [9.17, 15) is 14.4 Å². The number of primary amides is 1. The van der Waals surface area contributed by atoms with Crippen LogP contribution in [0.15, 0.2) is 0 Å². The maximum atomic E-state index is 11.7. The molecule has 0 radical (unpaired) electrons. The van der Waals surface area contributed by atoms with Crippen LogP contribution in [-0.2, 0) is 9.59 Å². The standard InChI is InChI=1S/C14H25N3O4/c1-9-2-4-10(5-3-9)8-16-14(21)17-11(13(19)20)6-7-12(15)18/h9-11H,2-8H2,1H3,(H2,15,18)(H,19,20)(H2,16,17,21). The Balaban J connectivity index is 2.29. The summed E-state index contributed by atoms with van der Waals surface area (Å²) in [6, 6.07) is -1.60. The number of aliphatic carboxylic acids is 1. The summed E-state index contributed by atoms with van der Waals surface area (Å²) in [6.45, 7) is 2.78. The van der Waals surface area contributed by atoms with Crippen LogP contribution in [0.5, 0.6) is 0 Å². The summed E-state index contributed by atoms with van der Waals surface area (Å²) in [6.07, 6.45) is 4.45. The predicted octanol–water partition coefficient (Wildman–Crippen LogP) is 0.831. The largest absolute Gasteiger partial charge is 0.480 e. The zero-order valence-electron chi connectivity index (χ0n) is 12.4. The average Bonchev–Trinajstić information content (AvgIpc) is 2.42. The number of hydrogen-bond acceptors (Lipinski definition) is 3. The molecule has 1 aliphatic carbocycles. The van der Waals surface area contributed by atoms with Crippen LogP contribution >= 0.6 is 0 Å². The molecule has 1 atom stereocenters. The number of carbonyl (C=O) groups is 3. The first kappa shape index (κ1) is 17.3. The van der Waals surface area contributed by atoms with E-state index in [1.165, 1.54) is 12.8 Å². The number of rotatable bonds is 7. The Morgan fingerprint density at radius 2 is 1.86 bits per heavy atom. The zero-order valence-corrected chi connectivity index (χ0v) is 12.4. The molecule has 0 aromatic rings. The van der Waals surface area contributed by atoms with E-state index in [0.717, 1.165) is 18.8 Å². The van der Waals surface area contributed by atoms with Gasteiger partial charge < -0.3 is 21.5 Å². The molecule has 1 unspecified atom stereocenters. The lowest BCUT2D eigenvalue weighted by molar-refractivity contribution is -0.139.